The number of nitrogens with zero attached hydrogens (tertiary/aromatic N) is 1. The molecule has 1 aromatic heterocycles. The van der Waals surface area contributed by atoms with Gasteiger partial charge in [0.15, 0.2) is 0 Å². The van der Waals surface area contributed by atoms with Crippen molar-refractivity contribution in [1.29, 1.82) is 0 Å². The van der Waals surface area contributed by atoms with Gasteiger partial charge in [-0.3, -0.25) is 0 Å². The average Bonchev–Trinajstić information content (AvgIpc) is 2.72. The van der Waals surface area contributed by atoms with Gasteiger partial charge in [-0.25, -0.2) is 9.78 Å². The molecule has 0 spiro atoms. The minimum Gasteiger partial charge on any atom is -0.477 e. The Morgan fingerprint density at radius 1 is 1.59 bits per heavy atom. The van der Waals surface area contributed by atoms with Gasteiger partial charge in [0.2, 0.25) is 0 Å². The molecule has 1 fully saturated rings. The van der Waals surface area contributed by atoms with E-state index in [1.807, 2.05) is 6.07 Å². The molecule has 2 unspecified atom stereocenters. The average molecular weight is 236 g/mol. The Morgan fingerprint density at radius 2 is 2.41 bits per heavy atom. The van der Waals surface area contributed by atoms with Crippen LogP contribution in [0.1, 0.15) is 23.1 Å². The van der Waals surface area contributed by atoms with Crippen molar-refractivity contribution in [2.45, 2.75) is 19.5 Å². The number of aromatic carboxylic acids is 1. The molecule has 5 nitrogen and oxygen atoms in total. The van der Waals surface area contributed by atoms with Crippen molar-refractivity contribution in [3.63, 3.8) is 0 Å². The summed E-state index contributed by atoms with van der Waals surface area (Å²) in [7, 11) is 0. The number of ether oxygens (including phenoxy) is 1. The molecule has 5 heteroatoms. The lowest BCUT2D eigenvalue weighted by Gasteiger charge is -2.14. The molecule has 2 rings (SSSR count). The molecule has 92 valence electrons. The van der Waals surface area contributed by atoms with Gasteiger partial charge < -0.3 is 15.2 Å². The number of rotatable bonds is 4. The molecule has 1 aliphatic rings. The van der Waals surface area contributed by atoms with E-state index in [0.717, 1.165) is 12.3 Å². The summed E-state index contributed by atoms with van der Waals surface area (Å²) in [6, 6.07) is 5.35. The van der Waals surface area contributed by atoms with Gasteiger partial charge in [0.1, 0.15) is 5.69 Å². The Balaban J connectivity index is 1.94. The fourth-order valence-corrected chi connectivity index (χ4v) is 1.85. The van der Waals surface area contributed by atoms with Crippen LogP contribution < -0.4 is 5.32 Å². The number of aromatic nitrogens is 1. The van der Waals surface area contributed by atoms with Crippen molar-refractivity contribution >= 4 is 5.97 Å². The summed E-state index contributed by atoms with van der Waals surface area (Å²) >= 11 is 0. The van der Waals surface area contributed by atoms with Gasteiger partial charge >= 0.3 is 5.97 Å². The Bertz CT molecular complexity index is 408. The summed E-state index contributed by atoms with van der Waals surface area (Å²) < 4.78 is 5.34. The van der Waals surface area contributed by atoms with Crippen molar-refractivity contribution in [2.24, 2.45) is 5.92 Å². The van der Waals surface area contributed by atoms with Crippen LogP contribution in [0.15, 0.2) is 18.2 Å². The van der Waals surface area contributed by atoms with E-state index in [0.29, 0.717) is 25.1 Å². The van der Waals surface area contributed by atoms with E-state index < -0.39 is 5.97 Å². The highest BCUT2D eigenvalue weighted by Crippen LogP contribution is 2.12. The van der Waals surface area contributed by atoms with Gasteiger partial charge in [0, 0.05) is 12.6 Å². The Morgan fingerprint density at radius 3 is 3.06 bits per heavy atom. The van der Waals surface area contributed by atoms with Crippen LogP contribution in [0.3, 0.4) is 0 Å². The molecular weight excluding hydrogens is 220 g/mol. The normalized spacial score (nSPS) is 23.8. The molecule has 0 radical (unpaired) electrons. The lowest BCUT2D eigenvalue weighted by atomic mass is 10.1. The topological polar surface area (TPSA) is 71.5 Å². The van der Waals surface area contributed by atoms with Gasteiger partial charge in [-0.15, -0.1) is 0 Å². The number of nitrogens with one attached hydrogen (secondary N) is 1. The van der Waals surface area contributed by atoms with Gasteiger partial charge in [-0.05, 0) is 18.1 Å². The van der Waals surface area contributed by atoms with Crippen molar-refractivity contribution < 1.29 is 14.6 Å². The molecule has 0 saturated carbocycles. The smallest absolute Gasteiger partial charge is 0.354 e. The Hall–Kier alpha value is -1.46. The van der Waals surface area contributed by atoms with Crippen LogP contribution in [0.5, 0.6) is 0 Å². The number of carboxylic acids is 1. The molecule has 1 saturated heterocycles. The number of carbonyl (C=O) groups is 1. The fourth-order valence-electron chi connectivity index (χ4n) is 1.85. The van der Waals surface area contributed by atoms with Crippen LogP contribution in [0.25, 0.3) is 0 Å². The maximum atomic E-state index is 10.8. The molecule has 0 aromatic carbocycles. The summed E-state index contributed by atoms with van der Waals surface area (Å²) in [6.07, 6.45) is 0. The molecule has 0 amide bonds. The quantitative estimate of drug-likeness (QED) is 0.812. The SMILES string of the molecule is CC1COCC1NCc1cccc(C(=O)O)n1. The predicted octanol–water partition coefficient (Wildman–Crippen LogP) is 0.904. The highest BCUT2D eigenvalue weighted by molar-refractivity contribution is 5.85. The molecule has 0 aliphatic carbocycles. The van der Waals surface area contributed by atoms with E-state index in [9.17, 15) is 4.79 Å². The molecule has 0 bridgehead atoms. The fraction of sp³-hybridized carbons (Fsp3) is 0.500. The lowest BCUT2D eigenvalue weighted by Crippen LogP contribution is -2.34. The van der Waals surface area contributed by atoms with Crippen molar-refractivity contribution in [2.75, 3.05) is 13.2 Å². The zero-order valence-electron chi connectivity index (χ0n) is 9.72. The number of hydrogen-bond acceptors (Lipinski definition) is 4. The van der Waals surface area contributed by atoms with Crippen LogP contribution in [-0.4, -0.2) is 35.3 Å². The molecule has 2 N–H and O–H groups in total. The third-order valence-corrected chi connectivity index (χ3v) is 2.94. The second kappa shape index (κ2) is 5.25. The zero-order chi connectivity index (χ0) is 12.3. The van der Waals surface area contributed by atoms with E-state index in [-0.39, 0.29) is 5.69 Å². The summed E-state index contributed by atoms with van der Waals surface area (Å²) in [5.41, 5.74) is 0.823. The molecular formula is C12H16N2O3. The van der Waals surface area contributed by atoms with Gasteiger partial charge in [0.25, 0.3) is 0 Å². The summed E-state index contributed by atoms with van der Waals surface area (Å²) in [4.78, 5) is 14.8. The Kier molecular flexibility index (Phi) is 3.71. The van der Waals surface area contributed by atoms with E-state index in [1.165, 1.54) is 6.07 Å². The zero-order valence-corrected chi connectivity index (χ0v) is 9.72. The molecule has 1 aromatic rings. The van der Waals surface area contributed by atoms with Crippen molar-refractivity contribution in [3.05, 3.63) is 29.6 Å². The summed E-state index contributed by atoms with van der Waals surface area (Å²) in [5, 5.41) is 12.2. The van der Waals surface area contributed by atoms with Crippen LogP contribution >= 0.6 is 0 Å². The van der Waals surface area contributed by atoms with Gasteiger partial charge in [-0.1, -0.05) is 13.0 Å². The minimum absolute atomic E-state index is 0.0834. The van der Waals surface area contributed by atoms with Crippen LogP contribution in [0, 0.1) is 5.92 Å². The standard InChI is InChI=1S/C12H16N2O3/c1-8-6-17-7-11(8)13-5-9-3-2-4-10(14-9)12(15)16/h2-4,8,11,13H,5-7H2,1H3,(H,15,16). The van der Waals surface area contributed by atoms with Crippen molar-refractivity contribution in [1.82, 2.24) is 10.3 Å². The van der Waals surface area contributed by atoms with E-state index >= 15 is 0 Å². The number of pyridine rings is 1. The van der Waals surface area contributed by atoms with E-state index in [4.69, 9.17) is 9.84 Å². The first-order valence-electron chi connectivity index (χ1n) is 5.67. The first-order valence-corrected chi connectivity index (χ1v) is 5.67. The monoisotopic (exact) mass is 236 g/mol. The summed E-state index contributed by atoms with van der Waals surface area (Å²) in [6.45, 7) is 4.19. The van der Waals surface area contributed by atoms with Gasteiger partial charge in [-0.2, -0.15) is 0 Å². The maximum absolute atomic E-state index is 10.8. The third-order valence-electron chi connectivity index (χ3n) is 2.94. The first-order chi connectivity index (χ1) is 8.16. The van der Waals surface area contributed by atoms with Gasteiger partial charge in [0.05, 0.1) is 18.9 Å². The lowest BCUT2D eigenvalue weighted by molar-refractivity contribution is 0.0690. The van der Waals surface area contributed by atoms with Crippen LogP contribution in [-0.2, 0) is 11.3 Å². The highest BCUT2D eigenvalue weighted by Gasteiger charge is 2.23. The Labute approximate surface area is 99.8 Å². The number of carboxylic acid groups (broad SMARTS) is 1. The predicted molar refractivity (Wildman–Crippen MR) is 61.8 cm³/mol. The first kappa shape index (κ1) is 12.0. The van der Waals surface area contributed by atoms with Crippen LogP contribution in [0.4, 0.5) is 0 Å². The molecule has 2 atom stereocenters. The van der Waals surface area contributed by atoms with Crippen LogP contribution in [0.2, 0.25) is 0 Å². The maximum Gasteiger partial charge on any atom is 0.354 e. The third kappa shape index (κ3) is 3.01. The van der Waals surface area contributed by atoms with Crippen molar-refractivity contribution in [3.8, 4) is 0 Å². The highest BCUT2D eigenvalue weighted by atomic mass is 16.5. The largest absolute Gasteiger partial charge is 0.477 e. The van der Waals surface area contributed by atoms with E-state index in [2.05, 4.69) is 17.2 Å². The summed E-state index contributed by atoms with van der Waals surface area (Å²) in [5.74, 6) is -0.512. The molecule has 17 heavy (non-hydrogen) atoms. The molecule has 1 aliphatic heterocycles. The van der Waals surface area contributed by atoms with E-state index in [1.54, 1.807) is 6.07 Å². The number of hydrogen-bond donors (Lipinski definition) is 2. The molecule has 2 heterocycles. The minimum atomic E-state index is -0.996. The second-order valence-electron chi connectivity index (χ2n) is 4.32. The second-order valence-corrected chi connectivity index (χ2v) is 4.32.